The maximum atomic E-state index is 11.9. The SMILES string of the molecule is CCOc1cc(C=NNC(=O)C(=O)N(CC)CC)ccc1OCc1ccccc1. The van der Waals surface area contributed by atoms with E-state index < -0.39 is 11.8 Å². The molecule has 29 heavy (non-hydrogen) atoms. The molecule has 0 aromatic heterocycles. The minimum atomic E-state index is -0.766. The van der Waals surface area contributed by atoms with Crippen LogP contribution in [0.2, 0.25) is 0 Å². The summed E-state index contributed by atoms with van der Waals surface area (Å²) in [6.45, 7) is 7.36. The first-order valence-electron chi connectivity index (χ1n) is 9.64. The molecule has 2 amide bonds. The maximum absolute atomic E-state index is 11.9. The van der Waals surface area contributed by atoms with Gasteiger partial charge in [0.05, 0.1) is 12.8 Å². The lowest BCUT2D eigenvalue weighted by molar-refractivity contribution is -0.145. The van der Waals surface area contributed by atoms with Crippen LogP contribution in [-0.4, -0.2) is 42.6 Å². The molecular formula is C22H27N3O4. The standard InChI is InChI=1S/C22H27N3O4/c1-4-25(5-2)22(27)21(26)24-23-15-18-12-13-19(20(14-18)28-6-3)29-16-17-10-8-7-9-11-17/h7-15H,4-6,16H2,1-3H3,(H,24,26). The van der Waals surface area contributed by atoms with E-state index in [1.54, 1.807) is 18.2 Å². The third-order valence-electron chi connectivity index (χ3n) is 4.13. The Bertz CT molecular complexity index is 833. The van der Waals surface area contributed by atoms with Crippen LogP contribution < -0.4 is 14.9 Å². The number of likely N-dealkylation sites (N-methyl/N-ethyl adjacent to an activating group) is 1. The van der Waals surface area contributed by atoms with Gasteiger partial charge in [-0.2, -0.15) is 5.10 Å². The van der Waals surface area contributed by atoms with Crippen molar-refractivity contribution in [1.29, 1.82) is 0 Å². The van der Waals surface area contributed by atoms with Crippen molar-refractivity contribution in [2.75, 3.05) is 19.7 Å². The van der Waals surface area contributed by atoms with Crippen LogP contribution in [0, 0.1) is 0 Å². The molecule has 0 radical (unpaired) electrons. The van der Waals surface area contributed by atoms with Crippen LogP contribution in [0.15, 0.2) is 53.6 Å². The fourth-order valence-corrected chi connectivity index (χ4v) is 2.60. The zero-order chi connectivity index (χ0) is 21.1. The van der Waals surface area contributed by atoms with Gasteiger partial charge in [-0.05, 0) is 50.1 Å². The van der Waals surface area contributed by atoms with Gasteiger partial charge in [-0.15, -0.1) is 0 Å². The van der Waals surface area contributed by atoms with Crippen LogP contribution in [0.3, 0.4) is 0 Å². The first-order chi connectivity index (χ1) is 14.1. The third-order valence-corrected chi connectivity index (χ3v) is 4.13. The Balaban J connectivity index is 2.02. The van der Waals surface area contributed by atoms with E-state index in [9.17, 15) is 9.59 Å². The van der Waals surface area contributed by atoms with E-state index >= 15 is 0 Å². The number of benzene rings is 2. The highest BCUT2D eigenvalue weighted by Gasteiger charge is 2.18. The highest BCUT2D eigenvalue weighted by atomic mass is 16.5. The first-order valence-corrected chi connectivity index (χ1v) is 9.64. The van der Waals surface area contributed by atoms with Crippen molar-refractivity contribution < 1.29 is 19.1 Å². The molecule has 0 atom stereocenters. The minimum Gasteiger partial charge on any atom is -0.490 e. The molecule has 1 N–H and O–H groups in total. The van der Waals surface area contributed by atoms with Crippen LogP contribution in [0.1, 0.15) is 31.9 Å². The number of ether oxygens (including phenoxy) is 2. The van der Waals surface area contributed by atoms with E-state index in [0.29, 0.717) is 43.4 Å². The molecule has 2 aromatic rings. The van der Waals surface area contributed by atoms with E-state index in [-0.39, 0.29) is 0 Å². The predicted octanol–water partition coefficient (Wildman–Crippen LogP) is 2.98. The van der Waals surface area contributed by atoms with Gasteiger partial charge in [0, 0.05) is 13.1 Å². The van der Waals surface area contributed by atoms with Crippen LogP contribution in [0.25, 0.3) is 0 Å². The van der Waals surface area contributed by atoms with E-state index in [0.717, 1.165) is 5.56 Å². The summed E-state index contributed by atoms with van der Waals surface area (Å²) in [4.78, 5) is 25.2. The molecule has 0 fully saturated rings. The number of amides is 2. The van der Waals surface area contributed by atoms with Crippen LogP contribution in [0.5, 0.6) is 11.5 Å². The van der Waals surface area contributed by atoms with E-state index in [1.165, 1.54) is 11.1 Å². The van der Waals surface area contributed by atoms with Gasteiger partial charge in [-0.3, -0.25) is 9.59 Å². The second-order valence-corrected chi connectivity index (χ2v) is 6.09. The summed E-state index contributed by atoms with van der Waals surface area (Å²) in [5, 5.41) is 3.87. The summed E-state index contributed by atoms with van der Waals surface area (Å²) in [5.74, 6) is -0.170. The van der Waals surface area contributed by atoms with Crippen molar-refractivity contribution in [2.45, 2.75) is 27.4 Å². The first kappa shape index (κ1) is 21.9. The predicted molar refractivity (Wildman–Crippen MR) is 112 cm³/mol. The molecule has 2 rings (SSSR count). The second kappa shape index (κ2) is 11.5. The molecule has 0 aliphatic heterocycles. The third kappa shape index (κ3) is 6.64. The largest absolute Gasteiger partial charge is 0.490 e. The Labute approximate surface area is 171 Å². The summed E-state index contributed by atoms with van der Waals surface area (Å²) in [6.07, 6.45) is 1.46. The zero-order valence-electron chi connectivity index (χ0n) is 17.1. The Hall–Kier alpha value is -3.35. The van der Waals surface area contributed by atoms with Crippen LogP contribution in [-0.2, 0) is 16.2 Å². The highest BCUT2D eigenvalue weighted by Crippen LogP contribution is 2.28. The monoisotopic (exact) mass is 397 g/mol. The number of nitrogens with one attached hydrogen (secondary N) is 1. The maximum Gasteiger partial charge on any atom is 0.329 e. The molecule has 0 aliphatic carbocycles. The Morgan fingerprint density at radius 3 is 2.38 bits per heavy atom. The fraction of sp³-hybridized carbons (Fsp3) is 0.318. The lowest BCUT2D eigenvalue weighted by Gasteiger charge is -2.16. The van der Waals surface area contributed by atoms with Gasteiger partial charge < -0.3 is 14.4 Å². The van der Waals surface area contributed by atoms with E-state index in [1.807, 2.05) is 51.1 Å². The lowest BCUT2D eigenvalue weighted by Crippen LogP contribution is -2.41. The second-order valence-electron chi connectivity index (χ2n) is 6.09. The van der Waals surface area contributed by atoms with Crippen LogP contribution >= 0.6 is 0 Å². The minimum absolute atomic E-state index is 0.428. The summed E-state index contributed by atoms with van der Waals surface area (Å²) in [5.41, 5.74) is 4.02. The number of nitrogens with zero attached hydrogens (tertiary/aromatic N) is 2. The van der Waals surface area contributed by atoms with Gasteiger partial charge in [-0.1, -0.05) is 30.3 Å². The Morgan fingerprint density at radius 2 is 1.72 bits per heavy atom. The number of hydrogen-bond donors (Lipinski definition) is 1. The van der Waals surface area contributed by atoms with E-state index in [4.69, 9.17) is 9.47 Å². The van der Waals surface area contributed by atoms with Gasteiger partial charge in [0.25, 0.3) is 0 Å². The van der Waals surface area contributed by atoms with Crippen molar-refractivity contribution in [2.24, 2.45) is 5.10 Å². The summed E-state index contributed by atoms with van der Waals surface area (Å²) in [6, 6.07) is 15.2. The molecule has 0 spiro atoms. The summed E-state index contributed by atoms with van der Waals surface area (Å²) in [7, 11) is 0. The molecule has 0 heterocycles. The molecule has 7 nitrogen and oxygen atoms in total. The van der Waals surface area contributed by atoms with Crippen molar-refractivity contribution in [3.05, 3.63) is 59.7 Å². The molecule has 2 aromatic carbocycles. The summed E-state index contributed by atoms with van der Waals surface area (Å²) < 4.78 is 11.5. The number of hydrazone groups is 1. The molecule has 7 heteroatoms. The van der Waals surface area contributed by atoms with Gasteiger partial charge >= 0.3 is 11.8 Å². The van der Waals surface area contributed by atoms with Gasteiger partial charge in [-0.25, -0.2) is 5.43 Å². The lowest BCUT2D eigenvalue weighted by atomic mass is 10.2. The smallest absolute Gasteiger partial charge is 0.329 e. The normalized spacial score (nSPS) is 10.6. The van der Waals surface area contributed by atoms with E-state index in [2.05, 4.69) is 10.5 Å². The quantitative estimate of drug-likeness (QED) is 0.401. The molecule has 154 valence electrons. The fourth-order valence-electron chi connectivity index (χ4n) is 2.60. The van der Waals surface area contributed by atoms with Crippen molar-refractivity contribution in [3.63, 3.8) is 0 Å². The zero-order valence-corrected chi connectivity index (χ0v) is 17.1. The average Bonchev–Trinajstić information content (AvgIpc) is 2.75. The van der Waals surface area contributed by atoms with Crippen molar-refractivity contribution >= 4 is 18.0 Å². The molecule has 0 saturated carbocycles. The molecule has 0 saturated heterocycles. The van der Waals surface area contributed by atoms with Gasteiger partial charge in [0.15, 0.2) is 11.5 Å². The Kier molecular flexibility index (Phi) is 8.69. The number of carbonyl (C=O) groups excluding carboxylic acids is 2. The van der Waals surface area contributed by atoms with Gasteiger partial charge in [0.2, 0.25) is 0 Å². The Morgan fingerprint density at radius 1 is 1.00 bits per heavy atom. The highest BCUT2D eigenvalue weighted by molar-refractivity contribution is 6.34. The molecule has 0 bridgehead atoms. The van der Waals surface area contributed by atoms with Crippen molar-refractivity contribution in [3.8, 4) is 11.5 Å². The number of carbonyl (C=O) groups is 2. The van der Waals surface area contributed by atoms with Crippen LogP contribution in [0.4, 0.5) is 0 Å². The molecule has 0 aliphatic rings. The molecule has 0 unspecified atom stereocenters. The summed E-state index contributed by atoms with van der Waals surface area (Å²) >= 11 is 0. The van der Waals surface area contributed by atoms with Gasteiger partial charge in [0.1, 0.15) is 6.61 Å². The topological polar surface area (TPSA) is 80.2 Å². The van der Waals surface area contributed by atoms with Crippen molar-refractivity contribution in [1.82, 2.24) is 10.3 Å². The molecular weight excluding hydrogens is 370 g/mol. The number of hydrogen-bond acceptors (Lipinski definition) is 5. The average molecular weight is 397 g/mol. The number of rotatable bonds is 9.